The summed E-state index contributed by atoms with van der Waals surface area (Å²) in [6.07, 6.45) is 2.38. The molecule has 0 amide bonds. The molecular weight excluding hydrogens is 240 g/mol. The summed E-state index contributed by atoms with van der Waals surface area (Å²) in [5, 5.41) is 0. The first kappa shape index (κ1) is 11.5. The van der Waals surface area contributed by atoms with Crippen LogP contribution >= 0.6 is 0 Å². The van der Waals surface area contributed by atoms with Gasteiger partial charge >= 0.3 is 0 Å². The summed E-state index contributed by atoms with van der Waals surface area (Å²) >= 11 is 0. The number of ether oxygens (including phenoxy) is 1. The van der Waals surface area contributed by atoms with Gasteiger partial charge in [0.15, 0.2) is 6.29 Å². The number of nitrogens with zero attached hydrogens (tertiary/aromatic N) is 2. The predicted octanol–water partition coefficient (Wildman–Crippen LogP) is 2.82. The fraction of sp³-hybridized carbons (Fsp3) is 0.0667. The van der Waals surface area contributed by atoms with Crippen LogP contribution in [0.25, 0.3) is 16.9 Å². The molecule has 2 aromatic heterocycles. The number of pyridine rings is 1. The minimum absolute atomic E-state index is 0.525. The number of para-hydroxylation sites is 1. The SMILES string of the molecule is COc1ccccc1-c1cccc2ncc(C=O)n12. The third-order valence-corrected chi connectivity index (χ3v) is 3.06. The van der Waals surface area contributed by atoms with Gasteiger partial charge in [-0.1, -0.05) is 18.2 Å². The Morgan fingerprint density at radius 1 is 1.16 bits per heavy atom. The molecule has 0 saturated heterocycles. The van der Waals surface area contributed by atoms with Crippen LogP contribution in [0.15, 0.2) is 48.7 Å². The Balaban J connectivity index is 2.36. The summed E-state index contributed by atoms with van der Waals surface area (Å²) in [5.41, 5.74) is 3.08. The van der Waals surface area contributed by atoms with E-state index in [1.165, 1.54) is 0 Å². The van der Waals surface area contributed by atoms with Gasteiger partial charge in [-0.25, -0.2) is 4.98 Å². The molecule has 0 aliphatic rings. The van der Waals surface area contributed by atoms with Crippen molar-refractivity contribution in [3.63, 3.8) is 0 Å². The average Bonchev–Trinajstić information content (AvgIpc) is 2.90. The molecule has 3 aromatic rings. The highest BCUT2D eigenvalue weighted by atomic mass is 16.5. The monoisotopic (exact) mass is 252 g/mol. The number of methoxy groups -OCH3 is 1. The van der Waals surface area contributed by atoms with E-state index in [0.29, 0.717) is 5.69 Å². The molecule has 0 unspecified atom stereocenters. The molecule has 4 nitrogen and oxygen atoms in total. The van der Waals surface area contributed by atoms with Crippen molar-refractivity contribution in [2.24, 2.45) is 0 Å². The second-order valence-electron chi connectivity index (χ2n) is 4.11. The van der Waals surface area contributed by atoms with Crippen molar-refractivity contribution in [1.29, 1.82) is 0 Å². The maximum absolute atomic E-state index is 11.1. The Kier molecular flexibility index (Phi) is 2.76. The summed E-state index contributed by atoms with van der Waals surface area (Å²) < 4.78 is 7.20. The first-order valence-electron chi connectivity index (χ1n) is 5.90. The lowest BCUT2D eigenvalue weighted by molar-refractivity contribution is 0.111. The number of rotatable bonds is 3. The molecular formula is C15H12N2O2. The van der Waals surface area contributed by atoms with Crippen LogP contribution in [-0.2, 0) is 0 Å². The van der Waals surface area contributed by atoms with Gasteiger partial charge in [0.05, 0.1) is 19.0 Å². The van der Waals surface area contributed by atoms with Crippen LogP contribution in [0, 0.1) is 0 Å². The van der Waals surface area contributed by atoms with E-state index in [1.54, 1.807) is 13.3 Å². The van der Waals surface area contributed by atoms with Gasteiger partial charge in [0.1, 0.15) is 17.1 Å². The third-order valence-electron chi connectivity index (χ3n) is 3.06. The smallest absolute Gasteiger partial charge is 0.168 e. The maximum atomic E-state index is 11.1. The highest BCUT2D eigenvalue weighted by Crippen LogP contribution is 2.30. The van der Waals surface area contributed by atoms with E-state index in [4.69, 9.17) is 4.74 Å². The van der Waals surface area contributed by atoms with Gasteiger partial charge in [-0.2, -0.15) is 0 Å². The number of hydrogen-bond donors (Lipinski definition) is 0. The van der Waals surface area contributed by atoms with E-state index in [2.05, 4.69) is 4.98 Å². The Morgan fingerprint density at radius 3 is 2.79 bits per heavy atom. The Morgan fingerprint density at radius 2 is 2.00 bits per heavy atom. The lowest BCUT2D eigenvalue weighted by Crippen LogP contribution is -1.97. The van der Waals surface area contributed by atoms with Gasteiger partial charge in [0, 0.05) is 5.56 Å². The third kappa shape index (κ3) is 1.78. The lowest BCUT2D eigenvalue weighted by Gasteiger charge is -2.11. The van der Waals surface area contributed by atoms with Gasteiger partial charge in [-0.3, -0.25) is 9.20 Å². The molecule has 0 bridgehead atoms. The first-order chi connectivity index (χ1) is 9.35. The quantitative estimate of drug-likeness (QED) is 0.673. The number of imidazole rings is 1. The van der Waals surface area contributed by atoms with Crippen molar-refractivity contribution in [2.45, 2.75) is 0 Å². The standard InChI is InChI=1S/C15H12N2O2/c1-19-14-7-3-2-5-12(14)13-6-4-8-15-16-9-11(10-18)17(13)15/h2-10H,1H3. The van der Waals surface area contributed by atoms with Crippen LogP contribution in [0.2, 0.25) is 0 Å². The maximum Gasteiger partial charge on any atom is 0.168 e. The summed E-state index contributed by atoms with van der Waals surface area (Å²) in [4.78, 5) is 15.3. The molecule has 0 spiro atoms. The molecule has 0 saturated carbocycles. The average molecular weight is 252 g/mol. The Bertz CT molecular complexity index is 747. The fourth-order valence-electron chi connectivity index (χ4n) is 2.21. The zero-order valence-corrected chi connectivity index (χ0v) is 10.4. The van der Waals surface area contributed by atoms with E-state index >= 15 is 0 Å². The minimum Gasteiger partial charge on any atom is -0.496 e. The molecule has 0 aliphatic heterocycles. The zero-order chi connectivity index (χ0) is 13.2. The van der Waals surface area contributed by atoms with Crippen molar-refractivity contribution < 1.29 is 9.53 Å². The van der Waals surface area contributed by atoms with E-state index in [0.717, 1.165) is 28.9 Å². The molecule has 19 heavy (non-hydrogen) atoms. The predicted molar refractivity (Wildman–Crippen MR) is 72.6 cm³/mol. The fourth-order valence-corrected chi connectivity index (χ4v) is 2.21. The van der Waals surface area contributed by atoms with Crippen LogP contribution in [0.5, 0.6) is 5.75 Å². The van der Waals surface area contributed by atoms with Crippen LogP contribution in [-0.4, -0.2) is 22.8 Å². The minimum atomic E-state index is 0.525. The molecule has 0 fully saturated rings. The van der Waals surface area contributed by atoms with Crippen LogP contribution in [0.3, 0.4) is 0 Å². The summed E-state index contributed by atoms with van der Waals surface area (Å²) in [5.74, 6) is 0.764. The van der Waals surface area contributed by atoms with Gasteiger partial charge in [-0.15, -0.1) is 0 Å². The van der Waals surface area contributed by atoms with E-state index in [1.807, 2.05) is 46.9 Å². The van der Waals surface area contributed by atoms with E-state index in [9.17, 15) is 4.79 Å². The van der Waals surface area contributed by atoms with Crippen LogP contribution in [0.1, 0.15) is 10.5 Å². The molecule has 94 valence electrons. The van der Waals surface area contributed by atoms with Crippen LogP contribution < -0.4 is 4.74 Å². The van der Waals surface area contributed by atoms with E-state index < -0.39 is 0 Å². The van der Waals surface area contributed by atoms with Gasteiger partial charge in [0.2, 0.25) is 0 Å². The topological polar surface area (TPSA) is 43.6 Å². The summed E-state index contributed by atoms with van der Waals surface area (Å²) in [6.45, 7) is 0. The van der Waals surface area contributed by atoms with Crippen molar-refractivity contribution >= 4 is 11.9 Å². The van der Waals surface area contributed by atoms with Crippen LogP contribution in [0.4, 0.5) is 0 Å². The normalized spacial score (nSPS) is 10.6. The number of carbonyl (C=O) groups excluding carboxylic acids is 1. The molecule has 0 atom stereocenters. The second-order valence-corrected chi connectivity index (χ2v) is 4.11. The zero-order valence-electron chi connectivity index (χ0n) is 10.4. The highest BCUT2D eigenvalue weighted by molar-refractivity contribution is 5.78. The summed E-state index contributed by atoms with van der Waals surface area (Å²) in [6, 6.07) is 13.4. The second kappa shape index (κ2) is 4.57. The lowest BCUT2D eigenvalue weighted by atomic mass is 10.1. The van der Waals surface area contributed by atoms with Crippen molar-refractivity contribution in [3.05, 3.63) is 54.4 Å². The Labute approximate surface area is 110 Å². The Hall–Kier alpha value is -2.62. The van der Waals surface area contributed by atoms with Gasteiger partial charge in [-0.05, 0) is 24.3 Å². The molecule has 1 aromatic carbocycles. The highest BCUT2D eigenvalue weighted by Gasteiger charge is 2.11. The number of hydrogen-bond acceptors (Lipinski definition) is 3. The first-order valence-corrected chi connectivity index (χ1v) is 5.90. The molecule has 0 N–H and O–H groups in total. The largest absolute Gasteiger partial charge is 0.496 e. The number of fused-ring (bicyclic) bond motifs is 1. The van der Waals surface area contributed by atoms with Crippen molar-refractivity contribution in [3.8, 4) is 17.0 Å². The number of carbonyl (C=O) groups is 1. The summed E-state index contributed by atoms with van der Waals surface area (Å²) in [7, 11) is 1.63. The van der Waals surface area contributed by atoms with Crippen molar-refractivity contribution in [1.82, 2.24) is 9.38 Å². The molecule has 4 heteroatoms. The number of benzene rings is 1. The van der Waals surface area contributed by atoms with Gasteiger partial charge in [0.25, 0.3) is 0 Å². The molecule has 2 heterocycles. The number of aromatic nitrogens is 2. The molecule has 3 rings (SSSR count). The van der Waals surface area contributed by atoms with E-state index in [-0.39, 0.29) is 0 Å². The molecule has 0 aliphatic carbocycles. The van der Waals surface area contributed by atoms with Crippen molar-refractivity contribution in [2.75, 3.05) is 7.11 Å². The number of aldehydes is 1. The molecule has 0 radical (unpaired) electrons. The van der Waals surface area contributed by atoms with Gasteiger partial charge < -0.3 is 4.74 Å².